The molecule has 138 valence electrons. The molecule has 1 N–H and O–H groups in total. The maximum atomic E-state index is 13.2. The molecule has 0 aromatic carbocycles. The zero-order valence-electron chi connectivity index (χ0n) is 15.2. The van der Waals surface area contributed by atoms with Gasteiger partial charge in [0.2, 0.25) is 0 Å². The number of nitrogens with zero attached hydrogens (tertiary/aromatic N) is 3. The van der Waals surface area contributed by atoms with Crippen LogP contribution >= 0.6 is 0 Å². The van der Waals surface area contributed by atoms with Crippen LogP contribution < -0.4 is 5.32 Å². The number of piperidine rings is 1. The minimum absolute atomic E-state index is 0.115. The van der Waals surface area contributed by atoms with Gasteiger partial charge in [-0.15, -0.1) is 0 Å². The molecule has 25 heavy (non-hydrogen) atoms. The summed E-state index contributed by atoms with van der Waals surface area (Å²) in [5.74, 6) is 0. The molecule has 1 aliphatic carbocycles. The number of amides is 2. The van der Waals surface area contributed by atoms with Crippen LogP contribution in [0.3, 0.4) is 0 Å². The fourth-order valence-electron chi connectivity index (χ4n) is 5.17. The van der Waals surface area contributed by atoms with Gasteiger partial charge in [0.05, 0.1) is 11.7 Å². The molecule has 2 aliphatic heterocycles. The van der Waals surface area contributed by atoms with Gasteiger partial charge in [-0.3, -0.25) is 4.68 Å². The highest BCUT2D eigenvalue weighted by atomic mass is 16.5. The third kappa shape index (κ3) is 3.16. The van der Waals surface area contributed by atoms with E-state index in [0.29, 0.717) is 6.04 Å². The maximum absolute atomic E-state index is 13.2. The number of nitrogens with one attached hydrogen (secondary N) is 1. The summed E-state index contributed by atoms with van der Waals surface area (Å²) in [6.07, 6.45) is 10.8. The highest BCUT2D eigenvalue weighted by Gasteiger charge is 2.45. The third-order valence-corrected chi connectivity index (χ3v) is 6.66. The second-order valence-electron chi connectivity index (χ2n) is 7.95. The Bertz CT molecular complexity index is 608. The Kier molecular flexibility index (Phi) is 4.71. The minimum Gasteiger partial charge on any atom is -0.381 e. The van der Waals surface area contributed by atoms with Gasteiger partial charge in [-0.25, -0.2) is 4.79 Å². The van der Waals surface area contributed by atoms with E-state index in [-0.39, 0.29) is 17.5 Å². The lowest BCUT2D eigenvalue weighted by molar-refractivity contribution is 0.00482. The van der Waals surface area contributed by atoms with Crippen molar-refractivity contribution in [2.45, 2.75) is 63.5 Å². The van der Waals surface area contributed by atoms with Crippen molar-refractivity contribution in [1.29, 1.82) is 0 Å². The smallest absolute Gasteiger partial charge is 0.318 e. The molecule has 0 radical (unpaired) electrons. The molecular weight excluding hydrogens is 316 g/mol. The van der Waals surface area contributed by atoms with Crippen molar-refractivity contribution < 1.29 is 9.53 Å². The summed E-state index contributed by atoms with van der Waals surface area (Å²) in [7, 11) is 1.97. The van der Waals surface area contributed by atoms with Gasteiger partial charge in [-0.2, -0.15) is 5.10 Å². The van der Waals surface area contributed by atoms with Crippen LogP contribution in [0.2, 0.25) is 0 Å². The van der Waals surface area contributed by atoms with Gasteiger partial charge in [0.15, 0.2) is 0 Å². The van der Waals surface area contributed by atoms with Crippen LogP contribution in [0.25, 0.3) is 0 Å². The molecule has 2 atom stereocenters. The summed E-state index contributed by atoms with van der Waals surface area (Å²) in [6.45, 7) is 2.52. The second kappa shape index (κ2) is 6.98. The lowest BCUT2D eigenvalue weighted by Crippen LogP contribution is -2.53. The number of aryl methyl sites for hydroxylation is 1. The number of ether oxygens (including phenoxy) is 1. The number of carbonyl (C=O) groups excluding carboxylic acids is 1. The normalized spacial score (nSPS) is 29.1. The van der Waals surface area contributed by atoms with Gasteiger partial charge in [0.25, 0.3) is 0 Å². The summed E-state index contributed by atoms with van der Waals surface area (Å²) in [4.78, 5) is 15.2. The number of carbonyl (C=O) groups is 1. The molecule has 6 nitrogen and oxygen atoms in total. The van der Waals surface area contributed by atoms with Crippen molar-refractivity contribution in [3.8, 4) is 0 Å². The van der Waals surface area contributed by atoms with E-state index in [1.54, 1.807) is 0 Å². The van der Waals surface area contributed by atoms with E-state index in [2.05, 4.69) is 10.4 Å². The molecule has 1 aromatic heterocycles. The molecule has 1 aromatic rings. The maximum Gasteiger partial charge on any atom is 0.318 e. The van der Waals surface area contributed by atoms with Crippen LogP contribution in [0, 0.1) is 5.41 Å². The van der Waals surface area contributed by atoms with E-state index in [9.17, 15) is 4.79 Å². The summed E-state index contributed by atoms with van der Waals surface area (Å²) in [5, 5.41) is 7.72. The average molecular weight is 346 g/mol. The van der Waals surface area contributed by atoms with Crippen LogP contribution in [0.4, 0.5) is 4.79 Å². The first-order valence-electron chi connectivity index (χ1n) is 9.82. The van der Waals surface area contributed by atoms with E-state index in [1.165, 1.54) is 19.3 Å². The first-order chi connectivity index (χ1) is 12.2. The number of hydrogen-bond acceptors (Lipinski definition) is 3. The van der Waals surface area contributed by atoms with Crippen molar-refractivity contribution in [3.05, 3.63) is 18.0 Å². The second-order valence-corrected chi connectivity index (χ2v) is 7.95. The van der Waals surface area contributed by atoms with Crippen molar-refractivity contribution in [3.63, 3.8) is 0 Å². The standard InChI is InChI=1S/C19H30N4O2/c1-22-15(7-11-20-22)16-5-2-3-12-23(16)18(24)21-17-6-4-8-19(17)9-13-25-14-10-19/h7,11,16-17H,2-6,8-10,12-14H2,1H3,(H,21,24). The number of aromatic nitrogens is 2. The lowest BCUT2D eigenvalue weighted by Gasteiger charge is -2.41. The molecule has 2 saturated heterocycles. The van der Waals surface area contributed by atoms with E-state index < -0.39 is 0 Å². The summed E-state index contributed by atoms with van der Waals surface area (Å²) < 4.78 is 7.48. The van der Waals surface area contributed by atoms with E-state index in [4.69, 9.17) is 4.74 Å². The van der Waals surface area contributed by atoms with Gasteiger partial charge >= 0.3 is 6.03 Å². The first-order valence-corrected chi connectivity index (χ1v) is 9.82. The Morgan fingerprint density at radius 1 is 1.24 bits per heavy atom. The fraction of sp³-hybridized carbons (Fsp3) is 0.789. The van der Waals surface area contributed by atoms with E-state index in [0.717, 1.165) is 57.6 Å². The molecule has 1 spiro atoms. The molecule has 0 bridgehead atoms. The number of urea groups is 1. The lowest BCUT2D eigenvalue weighted by atomic mass is 9.75. The SMILES string of the molecule is Cn1nccc1C1CCCCN1C(=O)NC1CCCC12CCOCC2. The monoisotopic (exact) mass is 346 g/mol. The molecule has 2 unspecified atom stereocenters. The summed E-state index contributed by atoms with van der Waals surface area (Å²) in [5.41, 5.74) is 1.41. The van der Waals surface area contributed by atoms with Crippen molar-refractivity contribution in [2.75, 3.05) is 19.8 Å². The van der Waals surface area contributed by atoms with Crippen molar-refractivity contribution in [1.82, 2.24) is 20.0 Å². The predicted molar refractivity (Wildman–Crippen MR) is 95.2 cm³/mol. The van der Waals surface area contributed by atoms with Crippen LogP contribution in [-0.2, 0) is 11.8 Å². The van der Waals surface area contributed by atoms with Crippen LogP contribution in [-0.4, -0.2) is 46.5 Å². The Morgan fingerprint density at radius 2 is 2.08 bits per heavy atom. The zero-order valence-corrected chi connectivity index (χ0v) is 15.2. The van der Waals surface area contributed by atoms with Gasteiger partial charge < -0.3 is 15.0 Å². The van der Waals surface area contributed by atoms with E-state index >= 15 is 0 Å². The molecular formula is C19H30N4O2. The van der Waals surface area contributed by atoms with Crippen LogP contribution in [0.15, 0.2) is 12.3 Å². The highest BCUT2D eigenvalue weighted by Crippen LogP contribution is 2.46. The molecule has 6 heteroatoms. The fourth-order valence-corrected chi connectivity index (χ4v) is 5.17. The highest BCUT2D eigenvalue weighted by molar-refractivity contribution is 5.75. The van der Waals surface area contributed by atoms with Gasteiger partial charge in [-0.1, -0.05) is 6.42 Å². The Balaban J connectivity index is 1.48. The van der Waals surface area contributed by atoms with Crippen LogP contribution in [0.5, 0.6) is 0 Å². The largest absolute Gasteiger partial charge is 0.381 e. The number of likely N-dealkylation sites (tertiary alicyclic amines) is 1. The molecule has 3 heterocycles. The topological polar surface area (TPSA) is 59.4 Å². The first kappa shape index (κ1) is 16.9. The average Bonchev–Trinajstić information content (AvgIpc) is 3.22. The van der Waals surface area contributed by atoms with Gasteiger partial charge in [0.1, 0.15) is 0 Å². The van der Waals surface area contributed by atoms with Gasteiger partial charge in [-0.05, 0) is 56.4 Å². The number of rotatable bonds is 2. The summed E-state index contributed by atoms with van der Waals surface area (Å²) >= 11 is 0. The molecule has 1 saturated carbocycles. The third-order valence-electron chi connectivity index (χ3n) is 6.66. The quantitative estimate of drug-likeness (QED) is 0.895. The summed E-state index contributed by atoms with van der Waals surface area (Å²) in [6, 6.07) is 2.61. The minimum atomic E-state index is 0.115. The Hall–Kier alpha value is -1.56. The Labute approximate surface area is 149 Å². The van der Waals surface area contributed by atoms with E-state index in [1.807, 2.05) is 28.9 Å². The van der Waals surface area contributed by atoms with Gasteiger partial charge in [0, 0.05) is 39.0 Å². The number of hydrogen-bond donors (Lipinski definition) is 1. The predicted octanol–water partition coefficient (Wildman–Crippen LogP) is 3.01. The molecule has 3 aliphatic rings. The van der Waals surface area contributed by atoms with Crippen molar-refractivity contribution >= 4 is 6.03 Å². The van der Waals surface area contributed by atoms with Crippen LogP contribution in [0.1, 0.15) is 63.1 Å². The zero-order chi connectivity index (χ0) is 17.3. The molecule has 3 fully saturated rings. The molecule has 2 amide bonds. The molecule has 4 rings (SSSR count). The van der Waals surface area contributed by atoms with Crippen molar-refractivity contribution in [2.24, 2.45) is 12.5 Å². The Morgan fingerprint density at radius 3 is 2.84 bits per heavy atom.